The van der Waals surface area contributed by atoms with Crippen LogP contribution in [0.15, 0.2) is 71.6 Å². The predicted octanol–water partition coefficient (Wildman–Crippen LogP) is 6.86. The monoisotopic (exact) mass is 480 g/mol. The number of ether oxygens (including phenoxy) is 3. The summed E-state index contributed by atoms with van der Waals surface area (Å²) in [7, 11) is 1.69. The number of carboxylic acids is 1. The zero-order valence-electron chi connectivity index (χ0n) is 20.0. The Morgan fingerprint density at radius 3 is 2.47 bits per heavy atom. The van der Waals surface area contributed by atoms with E-state index >= 15 is 0 Å². The highest BCUT2D eigenvalue weighted by Crippen LogP contribution is 2.34. The molecule has 180 valence electrons. The van der Waals surface area contributed by atoms with Crippen molar-refractivity contribution in [3.8, 4) is 28.4 Å². The highest BCUT2D eigenvalue weighted by Gasteiger charge is 2.13. The van der Waals surface area contributed by atoms with E-state index in [1.807, 2.05) is 55.5 Å². The van der Waals surface area contributed by atoms with Gasteiger partial charge in [-0.25, -0.2) is 4.79 Å². The fraction of sp³-hybridized carbons (Fsp3) is 0.321. The number of hydrogen-bond acceptors (Lipinski definition) is 5. The highest BCUT2D eigenvalue weighted by atomic mass is 32.2. The molecule has 6 heteroatoms. The first-order valence-corrected chi connectivity index (χ1v) is 12.5. The van der Waals surface area contributed by atoms with Crippen molar-refractivity contribution >= 4 is 17.7 Å². The van der Waals surface area contributed by atoms with Gasteiger partial charge >= 0.3 is 5.97 Å². The van der Waals surface area contributed by atoms with Crippen molar-refractivity contribution in [1.29, 1.82) is 0 Å². The molecule has 1 N–H and O–H groups in total. The lowest BCUT2D eigenvalue weighted by Gasteiger charge is -2.20. The van der Waals surface area contributed by atoms with Crippen molar-refractivity contribution in [3.63, 3.8) is 0 Å². The predicted molar refractivity (Wildman–Crippen MR) is 137 cm³/mol. The van der Waals surface area contributed by atoms with E-state index in [4.69, 9.17) is 19.3 Å². The first-order chi connectivity index (χ1) is 16.5. The van der Waals surface area contributed by atoms with E-state index in [1.165, 1.54) is 0 Å². The van der Waals surface area contributed by atoms with Crippen LogP contribution in [0, 0.1) is 6.92 Å². The fourth-order valence-electron chi connectivity index (χ4n) is 3.70. The number of rotatable bonds is 13. The molecule has 0 aliphatic rings. The second-order valence-electron chi connectivity index (χ2n) is 8.00. The Morgan fingerprint density at radius 2 is 1.79 bits per heavy atom. The van der Waals surface area contributed by atoms with E-state index in [0.29, 0.717) is 5.75 Å². The zero-order chi connectivity index (χ0) is 24.3. The summed E-state index contributed by atoms with van der Waals surface area (Å²) in [6, 6.07) is 22.1. The van der Waals surface area contributed by atoms with Crippen LogP contribution >= 0.6 is 11.8 Å². The number of aryl methyl sites for hydroxylation is 1. The van der Waals surface area contributed by atoms with Crippen LogP contribution < -0.4 is 14.2 Å². The molecule has 0 heterocycles. The van der Waals surface area contributed by atoms with Gasteiger partial charge in [0.15, 0.2) is 6.61 Å². The van der Waals surface area contributed by atoms with Crippen molar-refractivity contribution in [1.82, 2.24) is 0 Å². The molecule has 0 fully saturated rings. The first kappa shape index (κ1) is 25.5. The second kappa shape index (κ2) is 12.9. The lowest BCUT2D eigenvalue weighted by molar-refractivity contribution is -0.139. The molecule has 0 aliphatic heterocycles. The molecule has 34 heavy (non-hydrogen) atoms. The summed E-state index contributed by atoms with van der Waals surface area (Å²) in [6.07, 6.45) is 3.05. The van der Waals surface area contributed by atoms with Crippen LogP contribution in [-0.4, -0.2) is 36.6 Å². The van der Waals surface area contributed by atoms with Gasteiger partial charge in [-0.3, -0.25) is 0 Å². The van der Waals surface area contributed by atoms with Crippen LogP contribution in [0.5, 0.6) is 17.2 Å². The summed E-state index contributed by atoms with van der Waals surface area (Å²) in [4.78, 5) is 11.8. The lowest BCUT2D eigenvalue weighted by atomic mass is 10.0. The molecule has 0 spiro atoms. The van der Waals surface area contributed by atoms with Crippen molar-refractivity contribution < 1.29 is 24.1 Å². The molecule has 3 aromatic rings. The van der Waals surface area contributed by atoms with Crippen LogP contribution in [0.4, 0.5) is 0 Å². The van der Waals surface area contributed by atoms with Crippen LogP contribution in [-0.2, 0) is 4.79 Å². The Balaban J connectivity index is 1.59. The summed E-state index contributed by atoms with van der Waals surface area (Å²) in [6.45, 7) is 3.76. The van der Waals surface area contributed by atoms with Crippen LogP contribution in [0.2, 0.25) is 0 Å². The number of carbonyl (C=O) groups is 1. The molecule has 5 nitrogen and oxygen atoms in total. The van der Waals surface area contributed by atoms with Gasteiger partial charge in [0.2, 0.25) is 0 Å². The lowest BCUT2D eigenvalue weighted by Crippen LogP contribution is -2.17. The summed E-state index contributed by atoms with van der Waals surface area (Å²) < 4.78 is 17.3. The number of carboxylic acid groups (broad SMARTS) is 1. The maximum atomic E-state index is 10.7. The Bertz CT molecular complexity index is 1070. The third-order valence-corrected chi connectivity index (χ3v) is 6.40. The quantitative estimate of drug-likeness (QED) is 0.270. The second-order valence-corrected chi connectivity index (χ2v) is 9.17. The minimum Gasteiger partial charge on any atom is -0.496 e. The Hall–Kier alpha value is -3.12. The standard InChI is InChI=1S/C28H32O5S/c1-4-8-22(15-16-34-24-12-14-26(20(2)17-24)32-19-28(29)30)33-23-11-13-25(27(18-23)31-3)21-9-6-5-7-10-21/h5-7,9-14,17-18,22H,4,8,15-16,19H2,1-3H3,(H,29,30). The van der Waals surface area contributed by atoms with Gasteiger partial charge in [0.25, 0.3) is 0 Å². The molecule has 3 rings (SSSR count). The minimum absolute atomic E-state index is 0.115. The average Bonchev–Trinajstić information content (AvgIpc) is 2.84. The Morgan fingerprint density at radius 1 is 1.00 bits per heavy atom. The van der Waals surface area contributed by atoms with E-state index in [2.05, 4.69) is 25.1 Å². The molecule has 3 aromatic carbocycles. The molecule has 0 amide bonds. The van der Waals surface area contributed by atoms with Gasteiger partial charge in [-0.1, -0.05) is 43.7 Å². The number of thioether (sulfide) groups is 1. The topological polar surface area (TPSA) is 65.0 Å². The molecule has 0 saturated carbocycles. The van der Waals surface area contributed by atoms with Gasteiger partial charge in [0, 0.05) is 22.3 Å². The number of aliphatic carboxylic acids is 1. The van der Waals surface area contributed by atoms with E-state index in [0.717, 1.165) is 58.1 Å². The van der Waals surface area contributed by atoms with Gasteiger partial charge in [-0.2, -0.15) is 0 Å². The first-order valence-electron chi connectivity index (χ1n) is 11.5. The molecule has 1 unspecified atom stereocenters. The molecular formula is C28H32O5S. The van der Waals surface area contributed by atoms with Crippen molar-refractivity contribution in [2.45, 2.75) is 44.1 Å². The van der Waals surface area contributed by atoms with E-state index in [9.17, 15) is 4.79 Å². The van der Waals surface area contributed by atoms with Gasteiger partial charge in [-0.15, -0.1) is 11.8 Å². The number of methoxy groups -OCH3 is 1. The molecule has 0 radical (unpaired) electrons. The molecule has 0 aliphatic carbocycles. The van der Waals surface area contributed by atoms with E-state index in [-0.39, 0.29) is 12.7 Å². The molecule has 1 atom stereocenters. The summed E-state index contributed by atoms with van der Waals surface area (Å²) in [5, 5.41) is 8.78. The summed E-state index contributed by atoms with van der Waals surface area (Å²) in [5.74, 6) is 2.15. The minimum atomic E-state index is -0.979. The third kappa shape index (κ3) is 7.45. The molecular weight excluding hydrogens is 448 g/mol. The molecule has 0 bridgehead atoms. The largest absolute Gasteiger partial charge is 0.496 e. The van der Waals surface area contributed by atoms with Crippen LogP contribution in [0.25, 0.3) is 11.1 Å². The maximum absolute atomic E-state index is 10.7. The normalized spacial score (nSPS) is 11.6. The number of benzene rings is 3. The Kier molecular flexibility index (Phi) is 9.71. The van der Waals surface area contributed by atoms with E-state index in [1.54, 1.807) is 18.9 Å². The smallest absolute Gasteiger partial charge is 0.341 e. The summed E-state index contributed by atoms with van der Waals surface area (Å²) in [5.41, 5.74) is 3.09. The highest BCUT2D eigenvalue weighted by molar-refractivity contribution is 7.99. The molecule has 0 aromatic heterocycles. The van der Waals surface area contributed by atoms with E-state index < -0.39 is 5.97 Å². The van der Waals surface area contributed by atoms with Crippen molar-refractivity contribution in [3.05, 3.63) is 72.3 Å². The van der Waals surface area contributed by atoms with Crippen molar-refractivity contribution in [2.24, 2.45) is 0 Å². The van der Waals surface area contributed by atoms with Gasteiger partial charge in [-0.05, 0) is 61.2 Å². The van der Waals surface area contributed by atoms with Crippen molar-refractivity contribution in [2.75, 3.05) is 19.5 Å². The SMILES string of the molecule is CCCC(CCSc1ccc(OCC(=O)O)c(C)c1)Oc1ccc(-c2ccccc2)c(OC)c1. The van der Waals surface area contributed by atoms with Gasteiger partial charge in [0.05, 0.1) is 13.2 Å². The van der Waals surface area contributed by atoms with Gasteiger partial charge in [0.1, 0.15) is 17.2 Å². The van der Waals surface area contributed by atoms with Crippen LogP contribution in [0.3, 0.4) is 0 Å². The average molecular weight is 481 g/mol. The zero-order valence-corrected chi connectivity index (χ0v) is 20.8. The summed E-state index contributed by atoms with van der Waals surface area (Å²) >= 11 is 1.76. The third-order valence-electron chi connectivity index (χ3n) is 5.38. The maximum Gasteiger partial charge on any atom is 0.341 e. The fourth-order valence-corrected chi connectivity index (χ4v) is 4.74. The van der Waals surface area contributed by atoms with Gasteiger partial charge < -0.3 is 19.3 Å². The van der Waals surface area contributed by atoms with Crippen LogP contribution in [0.1, 0.15) is 31.7 Å². The number of hydrogen-bond donors (Lipinski definition) is 1. The Labute approximate surface area is 206 Å². The molecule has 0 saturated heterocycles.